The number of benzene rings is 1. The summed E-state index contributed by atoms with van der Waals surface area (Å²) < 4.78 is 23.7. The number of carbonyl (C=O) groups excluding carboxylic acids is 1. The van der Waals surface area contributed by atoms with Gasteiger partial charge < -0.3 is 19.5 Å². The van der Waals surface area contributed by atoms with Gasteiger partial charge in [0.2, 0.25) is 0 Å². The molecule has 20 heavy (non-hydrogen) atoms. The van der Waals surface area contributed by atoms with Gasteiger partial charge in [-0.2, -0.15) is 0 Å². The Morgan fingerprint density at radius 3 is 2.80 bits per heavy atom. The maximum absolute atomic E-state index is 13.4. The van der Waals surface area contributed by atoms with E-state index in [0.29, 0.717) is 17.1 Å². The quantitative estimate of drug-likeness (QED) is 0.903. The number of alkyl halides is 1. The van der Waals surface area contributed by atoms with Crippen molar-refractivity contribution in [3.8, 4) is 11.5 Å². The van der Waals surface area contributed by atoms with E-state index in [0.717, 1.165) is 0 Å². The normalized spacial score (nSPS) is 21.9. The summed E-state index contributed by atoms with van der Waals surface area (Å²) in [7, 11) is 2.98. The van der Waals surface area contributed by atoms with Crippen LogP contribution in [-0.2, 0) is 0 Å². The molecule has 2 rings (SSSR count). The SMILES string of the molecule is COc1ccc(C(=O)N2C[C@@H](F)C[C@H]2CO)c(OC)c1. The number of rotatable bonds is 4. The van der Waals surface area contributed by atoms with E-state index in [1.807, 2.05) is 0 Å². The smallest absolute Gasteiger partial charge is 0.258 e. The minimum Gasteiger partial charge on any atom is -0.497 e. The number of halogens is 1. The van der Waals surface area contributed by atoms with E-state index >= 15 is 0 Å². The molecule has 110 valence electrons. The van der Waals surface area contributed by atoms with Crippen LogP contribution in [0.1, 0.15) is 16.8 Å². The van der Waals surface area contributed by atoms with Crippen molar-refractivity contribution in [1.82, 2.24) is 4.90 Å². The molecule has 0 unspecified atom stereocenters. The lowest BCUT2D eigenvalue weighted by atomic mass is 10.1. The molecule has 1 aromatic rings. The molecule has 0 bridgehead atoms. The van der Waals surface area contributed by atoms with E-state index in [4.69, 9.17) is 9.47 Å². The molecule has 1 N–H and O–H groups in total. The topological polar surface area (TPSA) is 59.0 Å². The Hall–Kier alpha value is -1.82. The predicted molar refractivity (Wildman–Crippen MR) is 71.0 cm³/mol. The number of nitrogens with zero attached hydrogens (tertiary/aromatic N) is 1. The first-order valence-corrected chi connectivity index (χ1v) is 6.38. The highest BCUT2D eigenvalue weighted by atomic mass is 19.1. The second-order valence-electron chi connectivity index (χ2n) is 4.69. The van der Waals surface area contributed by atoms with Crippen molar-refractivity contribution in [2.75, 3.05) is 27.4 Å². The summed E-state index contributed by atoms with van der Waals surface area (Å²) in [6, 6.07) is 4.35. The Morgan fingerprint density at radius 1 is 1.45 bits per heavy atom. The van der Waals surface area contributed by atoms with Gasteiger partial charge >= 0.3 is 0 Å². The second kappa shape index (κ2) is 6.09. The molecule has 5 nitrogen and oxygen atoms in total. The molecule has 1 saturated heterocycles. The van der Waals surface area contributed by atoms with Crippen molar-refractivity contribution in [2.45, 2.75) is 18.6 Å². The van der Waals surface area contributed by atoms with Crippen molar-refractivity contribution in [1.29, 1.82) is 0 Å². The molecule has 6 heteroatoms. The van der Waals surface area contributed by atoms with Gasteiger partial charge in [-0.1, -0.05) is 0 Å². The van der Waals surface area contributed by atoms with E-state index in [9.17, 15) is 14.3 Å². The molecule has 0 radical (unpaired) electrons. The van der Waals surface area contributed by atoms with Crippen LogP contribution < -0.4 is 9.47 Å². The first-order valence-electron chi connectivity index (χ1n) is 6.38. The molecule has 1 aliphatic heterocycles. The average Bonchev–Trinajstić information content (AvgIpc) is 2.86. The molecular weight excluding hydrogens is 265 g/mol. The monoisotopic (exact) mass is 283 g/mol. The van der Waals surface area contributed by atoms with Gasteiger partial charge in [-0.05, 0) is 12.1 Å². The molecule has 1 fully saturated rings. The lowest BCUT2D eigenvalue weighted by Gasteiger charge is -2.23. The zero-order chi connectivity index (χ0) is 14.7. The number of amides is 1. The highest BCUT2D eigenvalue weighted by Crippen LogP contribution is 2.29. The molecule has 0 aliphatic carbocycles. The molecular formula is C14H18FNO4. The fourth-order valence-electron chi connectivity index (χ4n) is 2.41. The van der Waals surface area contributed by atoms with Gasteiger partial charge in [0.25, 0.3) is 5.91 Å². The minimum atomic E-state index is -1.10. The lowest BCUT2D eigenvalue weighted by Crippen LogP contribution is -2.38. The van der Waals surface area contributed by atoms with Crippen LogP contribution in [0.2, 0.25) is 0 Å². The number of methoxy groups -OCH3 is 2. The van der Waals surface area contributed by atoms with Crippen LogP contribution in [0.25, 0.3) is 0 Å². The fraction of sp³-hybridized carbons (Fsp3) is 0.500. The first kappa shape index (κ1) is 14.6. The summed E-state index contributed by atoms with van der Waals surface area (Å²) in [5.74, 6) is 0.596. The largest absolute Gasteiger partial charge is 0.497 e. The van der Waals surface area contributed by atoms with E-state index in [2.05, 4.69) is 0 Å². The number of ether oxygens (including phenoxy) is 2. The molecule has 1 amide bonds. The van der Waals surface area contributed by atoms with E-state index in [1.165, 1.54) is 19.1 Å². The lowest BCUT2D eigenvalue weighted by molar-refractivity contribution is 0.0669. The van der Waals surface area contributed by atoms with Gasteiger partial charge in [0.15, 0.2) is 0 Å². The number of aliphatic hydroxyl groups is 1. The molecule has 0 aromatic heterocycles. The Labute approximate surface area is 116 Å². The van der Waals surface area contributed by atoms with Crippen LogP contribution in [0.5, 0.6) is 11.5 Å². The standard InChI is InChI=1S/C14H18FNO4/c1-19-11-3-4-12(13(6-11)20-2)14(18)16-7-9(15)5-10(16)8-17/h3-4,6,9-10,17H,5,7-8H2,1-2H3/t9-,10-/m0/s1. The van der Waals surface area contributed by atoms with Gasteiger partial charge in [-0.3, -0.25) is 4.79 Å². The second-order valence-corrected chi connectivity index (χ2v) is 4.69. The third kappa shape index (κ3) is 2.70. The Balaban J connectivity index is 2.28. The van der Waals surface area contributed by atoms with Crippen LogP contribution in [0.4, 0.5) is 4.39 Å². The number of carbonyl (C=O) groups is 1. The van der Waals surface area contributed by atoms with Gasteiger partial charge in [-0.15, -0.1) is 0 Å². The maximum Gasteiger partial charge on any atom is 0.258 e. The van der Waals surface area contributed by atoms with Crippen molar-refractivity contribution >= 4 is 5.91 Å². The summed E-state index contributed by atoms with van der Waals surface area (Å²) in [6.07, 6.45) is -0.930. The average molecular weight is 283 g/mol. The summed E-state index contributed by atoms with van der Waals surface area (Å²) in [6.45, 7) is -0.246. The molecule has 2 atom stereocenters. The van der Waals surface area contributed by atoms with Gasteiger partial charge in [0.05, 0.1) is 39.0 Å². The Kier molecular flexibility index (Phi) is 4.44. The predicted octanol–water partition coefficient (Wildman–Crippen LogP) is 1.25. The highest BCUT2D eigenvalue weighted by molar-refractivity contribution is 5.97. The van der Waals surface area contributed by atoms with Crippen molar-refractivity contribution in [3.63, 3.8) is 0 Å². The summed E-state index contributed by atoms with van der Waals surface area (Å²) in [5.41, 5.74) is 0.334. The van der Waals surface area contributed by atoms with Gasteiger partial charge in [-0.25, -0.2) is 4.39 Å². The van der Waals surface area contributed by atoms with Gasteiger partial charge in [0, 0.05) is 12.5 Å². The Bertz CT molecular complexity index is 494. The number of hydrogen-bond acceptors (Lipinski definition) is 4. The minimum absolute atomic E-state index is 0.000751. The van der Waals surface area contributed by atoms with E-state index in [-0.39, 0.29) is 25.5 Å². The molecule has 1 heterocycles. The fourth-order valence-corrected chi connectivity index (χ4v) is 2.41. The highest BCUT2D eigenvalue weighted by Gasteiger charge is 2.36. The van der Waals surface area contributed by atoms with Crippen molar-refractivity contribution in [2.24, 2.45) is 0 Å². The van der Waals surface area contributed by atoms with Crippen molar-refractivity contribution < 1.29 is 23.8 Å². The molecule has 1 aromatic carbocycles. The van der Waals surface area contributed by atoms with Crippen LogP contribution in [0, 0.1) is 0 Å². The van der Waals surface area contributed by atoms with E-state index < -0.39 is 12.2 Å². The van der Waals surface area contributed by atoms with E-state index in [1.54, 1.807) is 18.2 Å². The zero-order valence-corrected chi connectivity index (χ0v) is 11.5. The summed E-state index contributed by atoms with van der Waals surface area (Å²) in [5, 5.41) is 9.25. The van der Waals surface area contributed by atoms with Crippen LogP contribution in [-0.4, -0.2) is 55.5 Å². The number of hydrogen-bond donors (Lipinski definition) is 1. The van der Waals surface area contributed by atoms with Crippen molar-refractivity contribution in [3.05, 3.63) is 23.8 Å². The number of aliphatic hydroxyl groups excluding tert-OH is 1. The van der Waals surface area contributed by atoms with Crippen LogP contribution in [0.15, 0.2) is 18.2 Å². The summed E-state index contributed by atoms with van der Waals surface area (Å²) >= 11 is 0. The third-order valence-electron chi connectivity index (χ3n) is 3.47. The zero-order valence-electron chi connectivity index (χ0n) is 11.5. The first-order chi connectivity index (χ1) is 9.60. The van der Waals surface area contributed by atoms with Gasteiger partial charge in [0.1, 0.15) is 17.7 Å². The van der Waals surface area contributed by atoms with Crippen LogP contribution in [0.3, 0.4) is 0 Å². The third-order valence-corrected chi connectivity index (χ3v) is 3.47. The molecule has 0 spiro atoms. The molecule has 1 aliphatic rings. The molecule has 0 saturated carbocycles. The van der Waals surface area contributed by atoms with Crippen LogP contribution >= 0.6 is 0 Å². The number of likely N-dealkylation sites (tertiary alicyclic amines) is 1. The summed E-state index contributed by atoms with van der Waals surface area (Å²) in [4.78, 5) is 13.8. The maximum atomic E-state index is 13.4. The Morgan fingerprint density at radius 2 is 2.20 bits per heavy atom.